The third-order valence-corrected chi connectivity index (χ3v) is 7.52. The van der Waals surface area contributed by atoms with Gasteiger partial charge in [-0.2, -0.15) is 0 Å². The lowest BCUT2D eigenvalue weighted by Gasteiger charge is -2.21. The summed E-state index contributed by atoms with van der Waals surface area (Å²) in [6, 6.07) is 15.9. The van der Waals surface area contributed by atoms with E-state index in [0.717, 1.165) is 35.7 Å². The summed E-state index contributed by atoms with van der Waals surface area (Å²) >= 11 is 13.6. The van der Waals surface area contributed by atoms with E-state index in [1.165, 1.54) is 17.4 Å². The maximum atomic E-state index is 12.6. The topological polar surface area (TPSA) is 49.6 Å². The maximum absolute atomic E-state index is 12.6. The van der Waals surface area contributed by atoms with Crippen LogP contribution in [-0.2, 0) is 4.79 Å². The maximum Gasteiger partial charge on any atom is 0.264 e. The molecule has 0 aliphatic carbocycles. The second-order valence-corrected chi connectivity index (χ2v) is 9.72. The van der Waals surface area contributed by atoms with Crippen LogP contribution in [0.4, 0.5) is 11.4 Å². The molecule has 0 unspecified atom stereocenters. The van der Waals surface area contributed by atoms with Crippen LogP contribution in [0.25, 0.3) is 11.8 Å². The number of aliphatic imine (C=N–C) groups is 1. The van der Waals surface area contributed by atoms with Crippen LogP contribution in [0, 0.1) is 13.8 Å². The van der Waals surface area contributed by atoms with Gasteiger partial charge in [0.1, 0.15) is 0 Å². The molecule has 1 aliphatic heterocycles. The van der Waals surface area contributed by atoms with Gasteiger partial charge in [0.05, 0.1) is 20.6 Å². The lowest BCUT2D eigenvalue weighted by atomic mass is 10.2. The number of thioether (sulfide) groups is 1. The minimum absolute atomic E-state index is 0.185. The van der Waals surface area contributed by atoms with Crippen molar-refractivity contribution in [3.8, 4) is 5.69 Å². The number of halogens is 2. The van der Waals surface area contributed by atoms with Crippen LogP contribution < -0.4 is 10.2 Å². The number of carbonyl (C=O) groups excluding carboxylic acids is 1. The molecule has 8 heteroatoms. The van der Waals surface area contributed by atoms with Gasteiger partial charge in [-0.3, -0.25) is 4.79 Å². The second kappa shape index (κ2) is 10.3. The van der Waals surface area contributed by atoms with Crippen LogP contribution in [0.3, 0.4) is 0 Å². The Morgan fingerprint density at radius 2 is 1.79 bits per heavy atom. The number of benzene rings is 2. The van der Waals surface area contributed by atoms with Crippen LogP contribution >= 0.6 is 35.0 Å². The number of amides is 1. The van der Waals surface area contributed by atoms with E-state index in [2.05, 4.69) is 77.8 Å². The summed E-state index contributed by atoms with van der Waals surface area (Å²) in [7, 11) is 0. The normalized spacial score (nSPS) is 15.9. The van der Waals surface area contributed by atoms with Gasteiger partial charge < -0.3 is 14.8 Å². The van der Waals surface area contributed by atoms with E-state index in [0.29, 0.717) is 25.8 Å². The van der Waals surface area contributed by atoms with Gasteiger partial charge in [0.25, 0.3) is 5.91 Å². The number of rotatable bonds is 6. The first-order valence-electron chi connectivity index (χ1n) is 11.1. The Labute approximate surface area is 214 Å². The predicted molar refractivity (Wildman–Crippen MR) is 146 cm³/mol. The van der Waals surface area contributed by atoms with Crippen molar-refractivity contribution in [2.45, 2.75) is 27.7 Å². The Balaban J connectivity index is 1.61. The zero-order valence-electron chi connectivity index (χ0n) is 19.5. The van der Waals surface area contributed by atoms with E-state index in [1.807, 2.05) is 6.08 Å². The van der Waals surface area contributed by atoms with E-state index >= 15 is 0 Å². The van der Waals surface area contributed by atoms with Crippen LogP contribution in [0.5, 0.6) is 0 Å². The molecule has 0 spiro atoms. The highest BCUT2D eigenvalue weighted by Gasteiger charge is 2.25. The minimum Gasteiger partial charge on any atom is -0.372 e. The standard InChI is InChI=1S/C26H26Cl2N4OS/c1-5-31(6-2)19-10-12-20(13-11-19)32-16(3)14-18(17(32)4)15-23-25(33)30-26(34-23)29-22-9-7-8-21(27)24(22)28/h7-15H,5-6H2,1-4H3,(H,29,30,33)/b23-15+. The molecule has 1 fully saturated rings. The number of aryl methyl sites for hydroxylation is 1. The summed E-state index contributed by atoms with van der Waals surface area (Å²) in [6.07, 6.45) is 1.91. The van der Waals surface area contributed by atoms with Gasteiger partial charge in [0.2, 0.25) is 0 Å². The van der Waals surface area contributed by atoms with Crippen molar-refractivity contribution in [3.05, 3.63) is 80.4 Å². The van der Waals surface area contributed by atoms with Crippen molar-refractivity contribution in [1.82, 2.24) is 9.88 Å². The van der Waals surface area contributed by atoms with E-state index in [-0.39, 0.29) is 5.91 Å². The summed E-state index contributed by atoms with van der Waals surface area (Å²) in [5.74, 6) is -0.185. The quantitative estimate of drug-likeness (QED) is 0.357. The molecule has 2 heterocycles. The molecule has 5 nitrogen and oxygen atoms in total. The number of aromatic nitrogens is 1. The van der Waals surface area contributed by atoms with Gasteiger partial charge in [0, 0.05) is 35.9 Å². The van der Waals surface area contributed by atoms with Crippen molar-refractivity contribution in [2.24, 2.45) is 4.99 Å². The van der Waals surface area contributed by atoms with E-state index in [4.69, 9.17) is 23.2 Å². The summed E-state index contributed by atoms with van der Waals surface area (Å²) in [5, 5.41) is 4.07. The average molecular weight is 513 g/mol. The van der Waals surface area contributed by atoms with Gasteiger partial charge >= 0.3 is 0 Å². The number of hydrogen-bond acceptors (Lipinski definition) is 4. The summed E-state index contributed by atoms with van der Waals surface area (Å²) in [6.45, 7) is 10.4. The first-order valence-corrected chi connectivity index (χ1v) is 12.7. The molecule has 0 atom stereocenters. The number of amidine groups is 1. The lowest BCUT2D eigenvalue weighted by molar-refractivity contribution is -0.115. The largest absolute Gasteiger partial charge is 0.372 e. The monoisotopic (exact) mass is 512 g/mol. The van der Waals surface area contributed by atoms with Gasteiger partial charge in [-0.25, -0.2) is 4.99 Å². The first-order chi connectivity index (χ1) is 16.3. The molecule has 0 radical (unpaired) electrons. The minimum atomic E-state index is -0.185. The Morgan fingerprint density at radius 3 is 2.47 bits per heavy atom. The Bertz CT molecular complexity index is 1290. The van der Waals surface area contributed by atoms with Crippen molar-refractivity contribution in [3.63, 3.8) is 0 Å². The van der Waals surface area contributed by atoms with Crippen molar-refractivity contribution in [1.29, 1.82) is 0 Å². The molecule has 4 rings (SSSR count). The van der Waals surface area contributed by atoms with E-state index in [1.54, 1.807) is 18.2 Å². The van der Waals surface area contributed by atoms with Crippen LogP contribution in [0.2, 0.25) is 10.0 Å². The van der Waals surface area contributed by atoms with Gasteiger partial charge in [0.15, 0.2) is 5.17 Å². The average Bonchev–Trinajstić information content (AvgIpc) is 3.30. The number of carbonyl (C=O) groups is 1. The Morgan fingerprint density at radius 1 is 1.09 bits per heavy atom. The zero-order chi connectivity index (χ0) is 24.4. The molecule has 176 valence electrons. The predicted octanol–water partition coefficient (Wildman–Crippen LogP) is 7.14. The molecule has 2 aromatic carbocycles. The van der Waals surface area contributed by atoms with Gasteiger partial charge in [-0.15, -0.1) is 0 Å². The van der Waals surface area contributed by atoms with Gasteiger partial charge in [-0.05, 0) is 93.6 Å². The molecule has 1 saturated heterocycles. The fourth-order valence-corrected chi connectivity index (χ4v) is 5.21. The zero-order valence-corrected chi connectivity index (χ0v) is 21.9. The number of hydrogen-bond donors (Lipinski definition) is 1. The summed E-state index contributed by atoms with van der Waals surface area (Å²) < 4.78 is 2.21. The molecule has 34 heavy (non-hydrogen) atoms. The Kier molecular flexibility index (Phi) is 7.41. The Hall–Kier alpha value is -2.67. The van der Waals surface area contributed by atoms with Crippen LogP contribution in [0.1, 0.15) is 30.8 Å². The molecule has 3 aromatic rings. The third kappa shape index (κ3) is 4.90. The molecule has 0 bridgehead atoms. The van der Waals surface area contributed by atoms with E-state index < -0.39 is 0 Å². The highest BCUT2D eigenvalue weighted by molar-refractivity contribution is 8.18. The van der Waals surface area contributed by atoms with Crippen LogP contribution in [-0.4, -0.2) is 28.7 Å². The SMILES string of the molecule is CCN(CC)c1ccc(-n2c(C)cc(/C=C3/SC(=Nc4cccc(Cl)c4Cl)NC3=O)c2C)cc1. The summed E-state index contributed by atoms with van der Waals surface area (Å²) in [5.41, 5.74) is 5.98. The lowest BCUT2D eigenvalue weighted by Crippen LogP contribution is -2.21. The van der Waals surface area contributed by atoms with Crippen molar-refractivity contribution in [2.75, 3.05) is 18.0 Å². The van der Waals surface area contributed by atoms with Gasteiger partial charge in [-0.1, -0.05) is 29.3 Å². The number of nitrogens with one attached hydrogen (secondary N) is 1. The molecule has 0 saturated carbocycles. The van der Waals surface area contributed by atoms with Crippen molar-refractivity contribution < 1.29 is 4.79 Å². The molecular weight excluding hydrogens is 487 g/mol. The fraction of sp³-hybridized carbons (Fsp3) is 0.231. The highest BCUT2D eigenvalue weighted by Crippen LogP contribution is 2.35. The smallest absolute Gasteiger partial charge is 0.264 e. The molecular formula is C26H26Cl2N4OS. The molecule has 1 aliphatic rings. The molecule has 1 amide bonds. The van der Waals surface area contributed by atoms with Crippen molar-refractivity contribution >= 4 is 63.5 Å². The van der Waals surface area contributed by atoms with Crippen LogP contribution in [0.15, 0.2) is 58.4 Å². The first kappa shape index (κ1) is 24.5. The molecule has 1 N–H and O–H groups in total. The molecule has 1 aromatic heterocycles. The number of anilines is 1. The highest BCUT2D eigenvalue weighted by atomic mass is 35.5. The third-order valence-electron chi connectivity index (χ3n) is 5.80. The summed E-state index contributed by atoms with van der Waals surface area (Å²) in [4.78, 5) is 20.0. The number of nitrogens with zero attached hydrogens (tertiary/aromatic N) is 3. The van der Waals surface area contributed by atoms with E-state index in [9.17, 15) is 4.79 Å². The fourth-order valence-electron chi connectivity index (χ4n) is 4.04. The second-order valence-electron chi connectivity index (χ2n) is 7.91.